The number of benzene rings is 2. The van der Waals surface area contributed by atoms with Crippen molar-refractivity contribution < 1.29 is 13.6 Å². The van der Waals surface area contributed by atoms with Gasteiger partial charge < -0.3 is 5.32 Å². The van der Waals surface area contributed by atoms with Gasteiger partial charge in [0.15, 0.2) is 11.6 Å². The molecule has 3 nitrogen and oxygen atoms in total. The molecule has 0 radical (unpaired) electrons. The molecule has 2 aromatic carbocycles. The number of fused-ring (bicyclic) bond motifs is 1. The fourth-order valence-electron chi connectivity index (χ4n) is 1.98. The summed E-state index contributed by atoms with van der Waals surface area (Å²) < 4.78 is 26.8. The zero-order valence-corrected chi connectivity index (χ0v) is 13.5. The highest BCUT2D eigenvalue weighted by Crippen LogP contribution is 2.34. The van der Waals surface area contributed by atoms with E-state index in [0.29, 0.717) is 0 Å². The summed E-state index contributed by atoms with van der Waals surface area (Å²) in [6.07, 6.45) is 0. The van der Waals surface area contributed by atoms with Gasteiger partial charge in [0.1, 0.15) is 4.38 Å². The molecule has 0 saturated heterocycles. The van der Waals surface area contributed by atoms with Crippen LogP contribution in [0.4, 0.5) is 20.2 Å². The van der Waals surface area contributed by atoms with Crippen LogP contribution in [0.5, 0.6) is 0 Å². The van der Waals surface area contributed by atoms with Gasteiger partial charge in [-0.2, -0.15) is 0 Å². The Morgan fingerprint density at radius 3 is 2.87 bits per heavy atom. The number of hydrogen-bond donors (Lipinski definition) is 1. The number of hydrogen-bond acceptors (Lipinski definition) is 4. The Balaban J connectivity index is 1.57. The van der Waals surface area contributed by atoms with Crippen LogP contribution in [0.3, 0.4) is 0 Å². The Hall–Kier alpha value is -1.86. The molecule has 118 valence electrons. The SMILES string of the molecule is O=C(CSC1=Nc2ccccc2CS1)Nc1ccc(F)c(F)c1. The first-order valence-electron chi connectivity index (χ1n) is 6.79. The molecule has 1 N–H and O–H groups in total. The van der Waals surface area contributed by atoms with Gasteiger partial charge in [0.05, 0.1) is 11.4 Å². The maximum Gasteiger partial charge on any atom is 0.234 e. The largest absolute Gasteiger partial charge is 0.325 e. The van der Waals surface area contributed by atoms with Crippen molar-refractivity contribution >= 4 is 45.2 Å². The van der Waals surface area contributed by atoms with Crippen LogP contribution in [0.2, 0.25) is 0 Å². The lowest BCUT2D eigenvalue weighted by molar-refractivity contribution is -0.113. The minimum atomic E-state index is -0.987. The Kier molecular flexibility index (Phi) is 4.97. The molecule has 0 saturated carbocycles. The molecule has 0 fully saturated rings. The fourth-order valence-corrected chi connectivity index (χ4v) is 3.85. The lowest BCUT2D eigenvalue weighted by atomic mass is 10.2. The van der Waals surface area contributed by atoms with E-state index >= 15 is 0 Å². The molecule has 0 spiro atoms. The highest BCUT2D eigenvalue weighted by Gasteiger charge is 2.14. The first-order chi connectivity index (χ1) is 11.1. The molecule has 1 heterocycles. The molecule has 23 heavy (non-hydrogen) atoms. The van der Waals surface area contributed by atoms with Gasteiger partial charge in [-0.3, -0.25) is 4.79 Å². The van der Waals surface area contributed by atoms with Crippen molar-refractivity contribution in [1.82, 2.24) is 0 Å². The zero-order chi connectivity index (χ0) is 16.2. The summed E-state index contributed by atoms with van der Waals surface area (Å²) in [5, 5.41) is 2.54. The molecule has 0 unspecified atom stereocenters. The Labute approximate surface area is 140 Å². The summed E-state index contributed by atoms with van der Waals surface area (Å²) in [5.41, 5.74) is 2.33. The molecule has 3 rings (SSSR count). The summed E-state index contributed by atoms with van der Waals surface area (Å²) in [6, 6.07) is 11.1. The van der Waals surface area contributed by atoms with Gasteiger partial charge in [-0.05, 0) is 23.8 Å². The number of carbonyl (C=O) groups excluding carboxylic acids is 1. The number of thioether (sulfide) groups is 2. The third-order valence-corrected chi connectivity index (χ3v) is 5.33. The van der Waals surface area contributed by atoms with Gasteiger partial charge in [-0.15, -0.1) is 0 Å². The standard InChI is InChI=1S/C16H12F2N2OS2/c17-12-6-5-11(7-13(12)18)19-15(21)9-23-16-20-14-4-2-1-3-10(14)8-22-16/h1-7H,8-9H2,(H,19,21). The van der Waals surface area contributed by atoms with Crippen molar-refractivity contribution in [3.8, 4) is 0 Å². The molecule has 7 heteroatoms. The average molecular weight is 350 g/mol. The third kappa shape index (κ3) is 4.11. The summed E-state index contributed by atoms with van der Waals surface area (Å²) in [4.78, 5) is 16.4. The number of halogens is 2. The van der Waals surface area contributed by atoms with E-state index in [9.17, 15) is 13.6 Å². The predicted molar refractivity (Wildman–Crippen MR) is 92.3 cm³/mol. The van der Waals surface area contributed by atoms with Gasteiger partial charge in [-0.1, -0.05) is 41.7 Å². The Morgan fingerprint density at radius 2 is 2.04 bits per heavy atom. The maximum absolute atomic E-state index is 13.1. The minimum absolute atomic E-state index is 0.160. The molecule has 0 aromatic heterocycles. The Bertz CT molecular complexity index is 780. The molecular formula is C16H12F2N2OS2. The van der Waals surface area contributed by atoms with Gasteiger partial charge >= 0.3 is 0 Å². The number of carbonyl (C=O) groups is 1. The molecule has 0 atom stereocenters. The number of amides is 1. The van der Waals surface area contributed by atoms with Crippen LogP contribution in [0, 0.1) is 11.6 Å². The molecule has 1 amide bonds. The minimum Gasteiger partial charge on any atom is -0.325 e. The first kappa shape index (κ1) is 16.0. The van der Waals surface area contributed by atoms with Crippen molar-refractivity contribution in [1.29, 1.82) is 0 Å². The van der Waals surface area contributed by atoms with Gasteiger partial charge in [0.25, 0.3) is 0 Å². The van der Waals surface area contributed by atoms with Crippen LogP contribution < -0.4 is 5.32 Å². The third-order valence-electron chi connectivity index (χ3n) is 3.08. The molecule has 1 aliphatic rings. The molecule has 1 aliphatic heterocycles. The van der Waals surface area contributed by atoms with Crippen LogP contribution in [0.15, 0.2) is 47.5 Å². The van der Waals surface area contributed by atoms with Crippen molar-refractivity contribution in [3.05, 3.63) is 59.7 Å². The van der Waals surface area contributed by atoms with Crippen molar-refractivity contribution in [2.24, 2.45) is 4.99 Å². The van der Waals surface area contributed by atoms with E-state index < -0.39 is 11.6 Å². The van der Waals surface area contributed by atoms with E-state index in [-0.39, 0.29) is 17.3 Å². The van der Waals surface area contributed by atoms with Crippen molar-refractivity contribution in [3.63, 3.8) is 0 Å². The van der Waals surface area contributed by atoms with Crippen LogP contribution in [0.25, 0.3) is 0 Å². The average Bonchev–Trinajstić information content (AvgIpc) is 2.56. The number of rotatable bonds is 3. The lowest BCUT2D eigenvalue weighted by Crippen LogP contribution is -2.15. The second-order valence-electron chi connectivity index (χ2n) is 4.76. The van der Waals surface area contributed by atoms with E-state index in [2.05, 4.69) is 10.3 Å². The van der Waals surface area contributed by atoms with Crippen molar-refractivity contribution in [2.75, 3.05) is 11.1 Å². The monoisotopic (exact) mass is 350 g/mol. The number of nitrogens with zero attached hydrogens (tertiary/aromatic N) is 1. The van der Waals surface area contributed by atoms with Gasteiger partial charge in [0.2, 0.25) is 5.91 Å². The Morgan fingerprint density at radius 1 is 1.22 bits per heavy atom. The fraction of sp³-hybridized carbons (Fsp3) is 0.125. The van der Waals surface area contributed by atoms with Crippen LogP contribution in [-0.2, 0) is 10.5 Å². The normalized spacial score (nSPS) is 13.2. The highest BCUT2D eigenvalue weighted by atomic mass is 32.2. The zero-order valence-electron chi connectivity index (χ0n) is 11.9. The summed E-state index contributed by atoms with van der Waals surface area (Å²) in [6.45, 7) is 0. The maximum atomic E-state index is 13.1. The van der Waals surface area contributed by atoms with E-state index in [1.165, 1.54) is 23.4 Å². The summed E-state index contributed by atoms with van der Waals surface area (Å²) in [5.74, 6) is -1.23. The van der Waals surface area contributed by atoms with E-state index in [4.69, 9.17) is 0 Å². The van der Waals surface area contributed by atoms with E-state index in [1.54, 1.807) is 11.8 Å². The molecule has 0 aliphatic carbocycles. The second kappa shape index (κ2) is 7.14. The summed E-state index contributed by atoms with van der Waals surface area (Å²) >= 11 is 2.91. The number of aliphatic imine (C=N–C) groups is 1. The number of nitrogens with one attached hydrogen (secondary N) is 1. The van der Waals surface area contributed by atoms with Crippen LogP contribution >= 0.6 is 23.5 Å². The number of anilines is 1. The lowest BCUT2D eigenvalue weighted by Gasteiger charge is -2.14. The second-order valence-corrected chi connectivity index (χ2v) is 6.95. The topological polar surface area (TPSA) is 41.5 Å². The van der Waals surface area contributed by atoms with Gasteiger partial charge in [0, 0.05) is 17.5 Å². The quantitative estimate of drug-likeness (QED) is 0.881. The number of para-hydroxylation sites is 1. The van der Waals surface area contributed by atoms with Crippen molar-refractivity contribution in [2.45, 2.75) is 5.75 Å². The van der Waals surface area contributed by atoms with E-state index in [1.807, 2.05) is 24.3 Å². The summed E-state index contributed by atoms with van der Waals surface area (Å²) in [7, 11) is 0. The first-order valence-corrected chi connectivity index (χ1v) is 8.76. The smallest absolute Gasteiger partial charge is 0.234 e. The highest BCUT2D eigenvalue weighted by molar-refractivity contribution is 8.38. The molecule has 0 bridgehead atoms. The van der Waals surface area contributed by atoms with Crippen LogP contribution in [-0.4, -0.2) is 16.0 Å². The molecule has 2 aromatic rings. The van der Waals surface area contributed by atoms with E-state index in [0.717, 1.165) is 27.9 Å². The van der Waals surface area contributed by atoms with Gasteiger partial charge in [-0.25, -0.2) is 13.8 Å². The van der Waals surface area contributed by atoms with Crippen LogP contribution in [0.1, 0.15) is 5.56 Å². The predicted octanol–water partition coefficient (Wildman–Crippen LogP) is 4.57. The molecular weight excluding hydrogens is 338 g/mol.